The first kappa shape index (κ1) is 25.0. The normalized spacial score (nSPS) is 12.6. The number of para-hydroxylation sites is 1. The summed E-state index contributed by atoms with van der Waals surface area (Å²) in [5.74, 6) is 0.988. The van der Waals surface area contributed by atoms with E-state index in [2.05, 4.69) is 17.1 Å². The Hall–Kier alpha value is -4.10. The summed E-state index contributed by atoms with van der Waals surface area (Å²) in [4.78, 5) is 15.4. The van der Waals surface area contributed by atoms with Gasteiger partial charge in [0.05, 0.1) is 18.5 Å². The van der Waals surface area contributed by atoms with Gasteiger partial charge in [0, 0.05) is 6.20 Å². The molecule has 0 spiro atoms. The maximum atomic E-state index is 11.4. The second-order valence-corrected chi connectivity index (χ2v) is 8.61. The summed E-state index contributed by atoms with van der Waals surface area (Å²) in [5, 5.41) is 10.3. The van der Waals surface area contributed by atoms with Crippen LogP contribution in [-0.2, 0) is 6.42 Å². The molecule has 36 heavy (non-hydrogen) atoms. The van der Waals surface area contributed by atoms with Crippen molar-refractivity contribution in [3.8, 4) is 22.6 Å². The van der Waals surface area contributed by atoms with Crippen LogP contribution in [0.1, 0.15) is 35.4 Å². The van der Waals surface area contributed by atoms with Crippen LogP contribution in [0.5, 0.6) is 11.5 Å². The fourth-order valence-electron chi connectivity index (χ4n) is 4.12. The van der Waals surface area contributed by atoms with E-state index in [0.717, 1.165) is 22.6 Å². The Morgan fingerprint density at radius 3 is 2.31 bits per heavy atom. The highest BCUT2D eigenvalue weighted by molar-refractivity contribution is 5.90. The predicted octanol–water partition coefficient (Wildman–Crippen LogP) is 4.66. The lowest BCUT2D eigenvalue weighted by Gasteiger charge is -2.22. The van der Waals surface area contributed by atoms with Crippen LogP contribution < -0.4 is 15.2 Å². The van der Waals surface area contributed by atoms with E-state index in [-0.39, 0.29) is 11.7 Å². The average Bonchev–Trinajstić information content (AvgIpc) is 3.38. The molecule has 3 aromatic carbocycles. The van der Waals surface area contributed by atoms with Crippen molar-refractivity contribution in [1.82, 2.24) is 9.55 Å². The lowest BCUT2D eigenvalue weighted by atomic mass is 10.0. The largest absolute Gasteiger partial charge is 0.490 e. The molecule has 0 aliphatic rings. The second-order valence-electron chi connectivity index (χ2n) is 8.61. The summed E-state index contributed by atoms with van der Waals surface area (Å²) in [6.07, 6.45) is 3.79. The van der Waals surface area contributed by atoms with E-state index >= 15 is 0 Å². The van der Waals surface area contributed by atoms with E-state index < -0.39 is 12.0 Å². The van der Waals surface area contributed by atoms with E-state index in [1.165, 1.54) is 11.9 Å². The maximum Gasteiger partial charge on any atom is 0.268 e. The van der Waals surface area contributed by atoms with Crippen LogP contribution in [0.3, 0.4) is 0 Å². The molecule has 0 aliphatic heterocycles. The Bertz CT molecular complexity index is 1250. The van der Waals surface area contributed by atoms with Gasteiger partial charge in [-0.15, -0.1) is 0 Å². The van der Waals surface area contributed by atoms with Crippen molar-refractivity contribution in [3.63, 3.8) is 0 Å². The maximum absolute atomic E-state index is 11.4. The second kappa shape index (κ2) is 12.0. The van der Waals surface area contributed by atoms with Gasteiger partial charge >= 0.3 is 0 Å². The zero-order valence-electron chi connectivity index (χ0n) is 20.3. The van der Waals surface area contributed by atoms with Crippen LogP contribution in [0, 0.1) is 0 Å². The van der Waals surface area contributed by atoms with Crippen LogP contribution in [0.15, 0.2) is 91.4 Å². The molecule has 0 radical (unpaired) electrons. The van der Waals surface area contributed by atoms with Gasteiger partial charge in [0.15, 0.2) is 0 Å². The van der Waals surface area contributed by atoms with Crippen LogP contribution >= 0.6 is 0 Å². The molecule has 4 rings (SSSR count). The van der Waals surface area contributed by atoms with Crippen molar-refractivity contribution in [2.45, 2.75) is 31.9 Å². The molecular formula is C29H31N3O4. The summed E-state index contributed by atoms with van der Waals surface area (Å²) in [7, 11) is 0. The van der Waals surface area contributed by atoms with Gasteiger partial charge < -0.3 is 24.9 Å². The number of rotatable bonds is 12. The summed E-state index contributed by atoms with van der Waals surface area (Å²) in [6.45, 7) is 2.54. The zero-order chi connectivity index (χ0) is 25.3. The standard InChI is InChI=1S/C29H31N3O4/c1-21(33)27(32-19-26(29(30)34)31-20-32)16-13-24-9-5-6-10-28(24)36-18-17-35-25-14-11-23(12-15-25)22-7-3-2-4-8-22/h2-12,14-15,19-21,27,33H,13,16-18H2,1H3,(H2,30,34). The Morgan fingerprint density at radius 2 is 1.61 bits per heavy atom. The van der Waals surface area contributed by atoms with Crippen LogP contribution in [0.2, 0.25) is 0 Å². The smallest absolute Gasteiger partial charge is 0.268 e. The highest BCUT2D eigenvalue weighted by Gasteiger charge is 2.19. The number of carbonyl (C=O) groups is 1. The Morgan fingerprint density at radius 1 is 0.944 bits per heavy atom. The number of carbonyl (C=O) groups excluding carboxylic acids is 1. The summed E-state index contributed by atoms with van der Waals surface area (Å²) >= 11 is 0. The van der Waals surface area contributed by atoms with Gasteiger partial charge in [-0.25, -0.2) is 4.98 Å². The highest BCUT2D eigenvalue weighted by atomic mass is 16.5. The molecule has 186 valence electrons. The minimum absolute atomic E-state index is 0.180. The van der Waals surface area contributed by atoms with Crippen molar-refractivity contribution in [1.29, 1.82) is 0 Å². The van der Waals surface area contributed by atoms with E-state index in [1.807, 2.05) is 66.7 Å². The molecule has 0 saturated heterocycles. The van der Waals surface area contributed by atoms with Crippen LogP contribution in [0.4, 0.5) is 0 Å². The highest BCUT2D eigenvalue weighted by Crippen LogP contribution is 2.25. The molecule has 1 aromatic heterocycles. The van der Waals surface area contributed by atoms with E-state index in [0.29, 0.717) is 26.1 Å². The minimum Gasteiger partial charge on any atom is -0.490 e. The van der Waals surface area contributed by atoms with E-state index in [4.69, 9.17) is 15.2 Å². The van der Waals surface area contributed by atoms with Crippen molar-refractivity contribution in [3.05, 3.63) is 103 Å². The number of ether oxygens (including phenoxy) is 2. The van der Waals surface area contributed by atoms with Crippen molar-refractivity contribution >= 4 is 5.91 Å². The molecule has 0 bridgehead atoms. The van der Waals surface area contributed by atoms with Gasteiger partial charge in [-0.3, -0.25) is 4.79 Å². The first-order valence-electron chi connectivity index (χ1n) is 12.0. The van der Waals surface area contributed by atoms with Crippen molar-refractivity contribution < 1.29 is 19.4 Å². The molecule has 0 saturated carbocycles. The number of aryl methyl sites for hydroxylation is 1. The number of nitrogens with two attached hydrogens (primary N) is 1. The van der Waals surface area contributed by atoms with Gasteiger partial charge in [-0.1, -0.05) is 60.7 Å². The van der Waals surface area contributed by atoms with Crippen LogP contribution in [-0.4, -0.2) is 39.9 Å². The Balaban J connectivity index is 1.30. The third-order valence-corrected chi connectivity index (χ3v) is 6.05. The fraction of sp³-hybridized carbons (Fsp3) is 0.241. The van der Waals surface area contributed by atoms with Crippen molar-refractivity contribution in [2.75, 3.05) is 13.2 Å². The third-order valence-electron chi connectivity index (χ3n) is 6.05. The first-order valence-corrected chi connectivity index (χ1v) is 12.0. The molecule has 1 heterocycles. The number of primary amides is 1. The number of imidazole rings is 1. The number of hydrogen-bond donors (Lipinski definition) is 2. The molecule has 3 N–H and O–H groups in total. The molecule has 0 fully saturated rings. The average molecular weight is 486 g/mol. The Labute approximate surface area is 211 Å². The summed E-state index contributed by atoms with van der Waals surface area (Å²) < 4.78 is 13.6. The first-order chi connectivity index (χ1) is 17.5. The molecule has 7 heteroatoms. The van der Waals surface area contributed by atoms with E-state index in [1.54, 1.807) is 17.7 Å². The Kier molecular flexibility index (Phi) is 8.36. The summed E-state index contributed by atoms with van der Waals surface area (Å²) in [6, 6.07) is 25.8. The van der Waals surface area contributed by atoms with E-state index in [9.17, 15) is 9.90 Å². The van der Waals surface area contributed by atoms with Gasteiger partial charge in [0.1, 0.15) is 30.4 Å². The molecule has 1 amide bonds. The molecule has 2 atom stereocenters. The van der Waals surface area contributed by atoms with Gasteiger partial charge in [0.25, 0.3) is 5.91 Å². The number of aromatic nitrogens is 2. The molecule has 0 aliphatic carbocycles. The summed E-state index contributed by atoms with van der Waals surface area (Å²) in [5.41, 5.74) is 8.84. The lowest BCUT2D eigenvalue weighted by molar-refractivity contribution is 0.0994. The third kappa shape index (κ3) is 6.52. The van der Waals surface area contributed by atoms with Gasteiger partial charge in [-0.05, 0) is 54.7 Å². The number of nitrogens with zero attached hydrogens (tertiary/aromatic N) is 2. The fourth-order valence-corrected chi connectivity index (χ4v) is 4.12. The number of aliphatic hydroxyl groups excluding tert-OH is 1. The minimum atomic E-state index is -0.630. The zero-order valence-corrected chi connectivity index (χ0v) is 20.3. The SMILES string of the molecule is CC(O)C(CCc1ccccc1OCCOc1ccc(-c2ccccc2)cc1)n1cnc(C(N)=O)c1. The topological polar surface area (TPSA) is 99.6 Å². The van der Waals surface area contributed by atoms with Gasteiger partial charge in [0.2, 0.25) is 0 Å². The van der Waals surface area contributed by atoms with Crippen molar-refractivity contribution in [2.24, 2.45) is 5.73 Å². The lowest BCUT2D eigenvalue weighted by Crippen LogP contribution is -2.21. The number of benzene rings is 3. The molecule has 2 unspecified atom stereocenters. The number of aliphatic hydroxyl groups is 1. The number of hydrogen-bond acceptors (Lipinski definition) is 5. The van der Waals surface area contributed by atoms with Gasteiger partial charge in [-0.2, -0.15) is 0 Å². The predicted molar refractivity (Wildman–Crippen MR) is 139 cm³/mol. The molecule has 7 nitrogen and oxygen atoms in total. The van der Waals surface area contributed by atoms with Crippen LogP contribution in [0.25, 0.3) is 11.1 Å². The monoisotopic (exact) mass is 485 g/mol. The number of amides is 1. The molecular weight excluding hydrogens is 454 g/mol. The molecule has 4 aromatic rings. The quantitative estimate of drug-likeness (QED) is 0.284.